The van der Waals surface area contributed by atoms with E-state index in [0.29, 0.717) is 0 Å². The molecule has 2 heterocycles. The summed E-state index contributed by atoms with van der Waals surface area (Å²) in [6, 6.07) is 0. The van der Waals surface area contributed by atoms with Crippen molar-refractivity contribution in [3.63, 3.8) is 0 Å². The fourth-order valence-corrected chi connectivity index (χ4v) is 1.71. The molecule has 1 unspecified atom stereocenters. The summed E-state index contributed by atoms with van der Waals surface area (Å²) in [6.45, 7) is 4.51. The maximum absolute atomic E-state index is 5.49. The molecule has 3 nitrogen and oxygen atoms in total. The van der Waals surface area contributed by atoms with Gasteiger partial charge in [-0.1, -0.05) is 0 Å². The van der Waals surface area contributed by atoms with Gasteiger partial charge in [-0.25, -0.2) is 0 Å². The van der Waals surface area contributed by atoms with Crippen LogP contribution in [0.15, 0.2) is 0 Å². The Balaban J connectivity index is 1.97. The normalized spacial score (nSPS) is 39.3. The minimum absolute atomic E-state index is 0.163. The molecule has 0 aromatic rings. The zero-order valence-corrected chi connectivity index (χ0v) is 6.77. The summed E-state index contributed by atoms with van der Waals surface area (Å²) in [5.74, 6) is 0. The van der Waals surface area contributed by atoms with E-state index in [-0.39, 0.29) is 5.54 Å². The molecule has 1 atom stereocenters. The van der Waals surface area contributed by atoms with Crippen LogP contribution in [0, 0.1) is 0 Å². The largest absolute Gasteiger partial charge is 0.379 e. The van der Waals surface area contributed by atoms with E-state index in [1.54, 1.807) is 0 Å². The maximum atomic E-state index is 5.49. The SMILES string of the molecule is C1CNC2(CCOC2)COC1. The first kappa shape index (κ1) is 7.53. The van der Waals surface area contributed by atoms with E-state index in [2.05, 4.69) is 5.32 Å². The zero-order valence-electron chi connectivity index (χ0n) is 6.77. The molecule has 0 radical (unpaired) electrons. The van der Waals surface area contributed by atoms with Crippen molar-refractivity contribution in [2.45, 2.75) is 18.4 Å². The monoisotopic (exact) mass is 157 g/mol. The average Bonchev–Trinajstić information content (AvgIpc) is 2.32. The molecule has 64 valence electrons. The summed E-state index contributed by atoms with van der Waals surface area (Å²) in [4.78, 5) is 0. The lowest BCUT2D eigenvalue weighted by molar-refractivity contribution is 0.0797. The summed E-state index contributed by atoms with van der Waals surface area (Å²) in [5.41, 5.74) is 0.163. The van der Waals surface area contributed by atoms with E-state index in [9.17, 15) is 0 Å². The highest BCUT2D eigenvalue weighted by Gasteiger charge is 2.35. The average molecular weight is 157 g/mol. The van der Waals surface area contributed by atoms with Crippen molar-refractivity contribution in [1.29, 1.82) is 0 Å². The Morgan fingerprint density at radius 2 is 1.91 bits per heavy atom. The Morgan fingerprint density at radius 3 is 2.73 bits per heavy atom. The van der Waals surface area contributed by atoms with Crippen LogP contribution in [0.1, 0.15) is 12.8 Å². The second-order valence-corrected chi connectivity index (χ2v) is 3.42. The lowest BCUT2D eigenvalue weighted by Crippen LogP contribution is -2.48. The van der Waals surface area contributed by atoms with E-state index in [4.69, 9.17) is 9.47 Å². The van der Waals surface area contributed by atoms with Crippen molar-refractivity contribution in [3.8, 4) is 0 Å². The molecule has 0 aromatic heterocycles. The first-order valence-corrected chi connectivity index (χ1v) is 4.32. The van der Waals surface area contributed by atoms with Gasteiger partial charge >= 0.3 is 0 Å². The lowest BCUT2D eigenvalue weighted by Gasteiger charge is -2.25. The molecule has 0 amide bonds. The van der Waals surface area contributed by atoms with Crippen molar-refractivity contribution < 1.29 is 9.47 Å². The van der Waals surface area contributed by atoms with Gasteiger partial charge in [0.05, 0.1) is 18.8 Å². The predicted molar refractivity (Wildman–Crippen MR) is 41.6 cm³/mol. The van der Waals surface area contributed by atoms with Crippen molar-refractivity contribution in [2.24, 2.45) is 0 Å². The van der Waals surface area contributed by atoms with Crippen molar-refractivity contribution in [2.75, 3.05) is 33.0 Å². The minimum atomic E-state index is 0.163. The molecule has 0 bridgehead atoms. The highest BCUT2D eigenvalue weighted by atomic mass is 16.5. The molecule has 11 heavy (non-hydrogen) atoms. The number of ether oxygens (including phenoxy) is 2. The molecular formula is C8H15NO2. The number of hydrogen-bond donors (Lipinski definition) is 1. The molecule has 1 N–H and O–H groups in total. The van der Waals surface area contributed by atoms with Crippen LogP contribution in [-0.4, -0.2) is 38.5 Å². The van der Waals surface area contributed by atoms with Gasteiger partial charge in [0.25, 0.3) is 0 Å². The maximum Gasteiger partial charge on any atom is 0.0675 e. The first-order chi connectivity index (χ1) is 5.41. The van der Waals surface area contributed by atoms with E-state index in [0.717, 1.165) is 45.8 Å². The fraction of sp³-hybridized carbons (Fsp3) is 1.00. The van der Waals surface area contributed by atoms with Gasteiger partial charge in [0.2, 0.25) is 0 Å². The number of rotatable bonds is 0. The third-order valence-electron chi connectivity index (χ3n) is 2.45. The Morgan fingerprint density at radius 1 is 1.09 bits per heavy atom. The highest BCUT2D eigenvalue weighted by Crippen LogP contribution is 2.20. The molecular weight excluding hydrogens is 142 g/mol. The predicted octanol–water partition coefficient (Wildman–Crippen LogP) is 0.155. The Hall–Kier alpha value is -0.120. The zero-order chi connectivity index (χ0) is 7.57. The van der Waals surface area contributed by atoms with Crippen LogP contribution >= 0.6 is 0 Å². The number of nitrogens with one attached hydrogen (secondary N) is 1. The van der Waals surface area contributed by atoms with Gasteiger partial charge in [0.1, 0.15) is 0 Å². The van der Waals surface area contributed by atoms with Gasteiger partial charge < -0.3 is 14.8 Å². The Kier molecular flexibility index (Phi) is 2.11. The smallest absolute Gasteiger partial charge is 0.0675 e. The van der Waals surface area contributed by atoms with Crippen molar-refractivity contribution in [1.82, 2.24) is 5.32 Å². The molecule has 1 spiro atoms. The van der Waals surface area contributed by atoms with Crippen molar-refractivity contribution in [3.05, 3.63) is 0 Å². The first-order valence-electron chi connectivity index (χ1n) is 4.32. The molecule has 2 fully saturated rings. The van der Waals surface area contributed by atoms with Gasteiger partial charge in [0.15, 0.2) is 0 Å². The van der Waals surface area contributed by atoms with Gasteiger partial charge in [-0.05, 0) is 19.4 Å². The summed E-state index contributed by atoms with van der Waals surface area (Å²) >= 11 is 0. The van der Waals surface area contributed by atoms with Gasteiger partial charge in [-0.2, -0.15) is 0 Å². The summed E-state index contributed by atoms with van der Waals surface area (Å²) in [7, 11) is 0. The minimum Gasteiger partial charge on any atom is -0.379 e. The van der Waals surface area contributed by atoms with Crippen LogP contribution in [-0.2, 0) is 9.47 Å². The van der Waals surface area contributed by atoms with E-state index < -0.39 is 0 Å². The molecule has 2 saturated heterocycles. The topological polar surface area (TPSA) is 30.5 Å². The van der Waals surface area contributed by atoms with Crippen LogP contribution in [0.4, 0.5) is 0 Å². The summed E-state index contributed by atoms with van der Waals surface area (Å²) < 4.78 is 10.8. The van der Waals surface area contributed by atoms with Crippen molar-refractivity contribution >= 4 is 0 Å². The highest BCUT2D eigenvalue weighted by molar-refractivity contribution is 4.92. The van der Waals surface area contributed by atoms with E-state index in [1.807, 2.05) is 0 Å². The lowest BCUT2D eigenvalue weighted by atomic mass is 10.0. The Bertz CT molecular complexity index is 122. The van der Waals surface area contributed by atoms with E-state index >= 15 is 0 Å². The molecule has 0 saturated carbocycles. The van der Waals surface area contributed by atoms with Gasteiger partial charge in [-0.15, -0.1) is 0 Å². The molecule has 2 rings (SSSR count). The fourth-order valence-electron chi connectivity index (χ4n) is 1.71. The van der Waals surface area contributed by atoms with Crippen LogP contribution in [0.5, 0.6) is 0 Å². The molecule has 0 aromatic carbocycles. The van der Waals surface area contributed by atoms with Crippen LogP contribution in [0.25, 0.3) is 0 Å². The third kappa shape index (κ3) is 1.55. The second-order valence-electron chi connectivity index (χ2n) is 3.42. The van der Waals surface area contributed by atoms with Crippen LogP contribution < -0.4 is 5.32 Å². The Labute approximate surface area is 67.1 Å². The van der Waals surface area contributed by atoms with Crippen LogP contribution in [0.2, 0.25) is 0 Å². The quantitative estimate of drug-likeness (QED) is 0.543. The molecule has 3 heteroatoms. The molecule has 2 aliphatic heterocycles. The standard InChI is InChI=1S/C8H15NO2/c1-3-9-8(6-10-4-1)2-5-11-7-8/h9H,1-7H2. The summed E-state index contributed by atoms with van der Waals surface area (Å²) in [5, 5.41) is 3.51. The molecule has 2 aliphatic rings. The van der Waals surface area contributed by atoms with Gasteiger partial charge in [-0.3, -0.25) is 0 Å². The molecule has 0 aliphatic carbocycles. The second kappa shape index (κ2) is 3.09. The van der Waals surface area contributed by atoms with E-state index in [1.165, 1.54) is 0 Å². The number of hydrogen-bond acceptors (Lipinski definition) is 3. The van der Waals surface area contributed by atoms with Crippen LogP contribution in [0.3, 0.4) is 0 Å². The third-order valence-corrected chi connectivity index (χ3v) is 2.45. The van der Waals surface area contributed by atoms with Gasteiger partial charge in [0, 0.05) is 13.2 Å². The summed E-state index contributed by atoms with van der Waals surface area (Å²) in [6.07, 6.45) is 2.23.